The maximum absolute atomic E-state index is 11.1. The van der Waals surface area contributed by atoms with Gasteiger partial charge in [0.25, 0.3) is 0 Å². The molecule has 0 unspecified atom stereocenters. The molecule has 18 heavy (non-hydrogen) atoms. The Morgan fingerprint density at radius 3 is 2.56 bits per heavy atom. The number of ether oxygens (including phenoxy) is 1. The lowest BCUT2D eigenvalue weighted by Gasteiger charge is -2.09. The molecule has 0 amide bonds. The fraction of sp³-hybridized carbons (Fsp3) is 0.143. The molecule has 0 bridgehead atoms. The Balaban J connectivity index is 2.39. The topological polar surface area (TPSA) is 59.4 Å². The molecule has 1 heterocycles. The van der Waals surface area contributed by atoms with E-state index in [1.54, 1.807) is 24.4 Å². The van der Waals surface area contributed by atoms with E-state index >= 15 is 0 Å². The van der Waals surface area contributed by atoms with Gasteiger partial charge in [-0.2, -0.15) is 0 Å². The molecule has 0 aliphatic rings. The summed E-state index contributed by atoms with van der Waals surface area (Å²) in [7, 11) is 0. The molecule has 0 aliphatic carbocycles. The Morgan fingerprint density at radius 2 is 1.89 bits per heavy atom. The highest BCUT2D eigenvalue weighted by Crippen LogP contribution is 2.25. The van der Waals surface area contributed by atoms with Crippen molar-refractivity contribution >= 4 is 5.97 Å². The number of carbonyl (C=O) groups is 1. The molecule has 1 aromatic carbocycles. The second-order valence-electron chi connectivity index (χ2n) is 4.08. The molecule has 1 aromatic heterocycles. The van der Waals surface area contributed by atoms with Crippen molar-refractivity contribution in [2.75, 3.05) is 0 Å². The highest BCUT2D eigenvalue weighted by atomic mass is 16.5. The number of hydrogen-bond acceptors (Lipinski definition) is 3. The van der Waals surface area contributed by atoms with Gasteiger partial charge in [-0.05, 0) is 43.2 Å². The summed E-state index contributed by atoms with van der Waals surface area (Å²) < 4.78 is 5.54. The minimum absolute atomic E-state index is 0.129. The number of benzene rings is 1. The van der Waals surface area contributed by atoms with Crippen molar-refractivity contribution in [1.82, 2.24) is 4.98 Å². The Hall–Kier alpha value is -2.36. The average Bonchev–Trinajstić information content (AvgIpc) is 2.28. The van der Waals surface area contributed by atoms with Gasteiger partial charge >= 0.3 is 5.97 Å². The summed E-state index contributed by atoms with van der Waals surface area (Å²) in [6.07, 6.45) is 1.63. The van der Waals surface area contributed by atoms with Crippen LogP contribution in [0.3, 0.4) is 0 Å². The normalized spacial score (nSPS) is 10.1. The Labute approximate surface area is 105 Å². The molecule has 0 saturated carbocycles. The molecule has 92 valence electrons. The Kier molecular flexibility index (Phi) is 3.28. The van der Waals surface area contributed by atoms with Crippen molar-refractivity contribution < 1.29 is 14.6 Å². The summed E-state index contributed by atoms with van der Waals surface area (Å²) in [5.74, 6) is -0.318. The van der Waals surface area contributed by atoms with Gasteiger partial charge in [-0.15, -0.1) is 0 Å². The van der Waals surface area contributed by atoms with E-state index in [0.717, 1.165) is 11.1 Å². The van der Waals surface area contributed by atoms with Crippen molar-refractivity contribution in [3.63, 3.8) is 0 Å². The zero-order chi connectivity index (χ0) is 13.1. The van der Waals surface area contributed by atoms with Crippen molar-refractivity contribution in [3.05, 3.63) is 53.2 Å². The lowest BCUT2D eigenvalue weighted by Crippen LogP contribution is -2.01. The van der Waals surface area contributed by atoms with Crippen LogP contribution >= 0.6 is 0 Å². The van der Waals surface area contributed by atoms with Crippen LogP contribution in [0.4, 0.5) is 0 Å². The van der Waals surface area contributed by atoms with Gasteiger partial charge in [-0.1, -0.05) is 6.07 Å². The maximum atomic E-state index is 11.1. The van der Waals surface area contributed by atoms with Crippen molar-refractivity contribution in [1.29, 1.82) is 0 Å². The van der Waals surface area contributed by atoms with Crippen molar-refractivity contribution in [3.8, 4) is 11.6 Å². The minimum Gasteiger partial charge on any atom is -0.478 e. The number of rotatable bonds is 3. The third-order valence-corrected chi connectivity index (χ3v) is 2.47. The highest BCUT2D eigenvalue weighted by molar-refractivity contribution is 5.91. The van der Waals surface area contributed by atoms with Crippen molar-refractivity contribution in [2.45, 2.75) is 13.8 Å². The van der Waals surface area contributed by atoms with E-state index in [1.165, 1.54) is 6.07 Å². The summed E-state index contributed by atoms with van der Waals surface area (Å²) >= 11 is 0. The standard InChI is InChI=1S/C14H13NO3/c1-9-3-4-11(14(16)17)12(7-9)18-13-8-10(2)5-6-15-13/h3-8H,1-2H3,(H,16,17). The van der Waals surface area contributed by atoms with E-state index < -0.39 is 5.97 Å². The molecule has 2 rings (SSSR count). The summed E-state index contributed by atoms with van der Waals surface area (Å²) in [6, 6.07) is 8.56. The van der Waals surface area contributed by atoms with E-state index in [1.807, 2.05) is 19.9 Å². The second-order valence-corrected chi connectivity index (χ2v) is 4.08. The van der Waals surface area contributed by atoms with Gasteiger partial charge in [-0.25, -0.2) is 9.78 Å². The van der Waals surface area contributed by atoms with E-state index in [-0.39, 0.29) is 5.56 Å². The van der Waals surface area contributed by atoms with Gasteiger partial charge in [0, 0.05) is 12.3 Å². The lowest BCUT2D eigenvalue weighted by molar-refractivity contribution is 0.0694. The number of aryl methyl sites for hydroxylation is 2. The van der Waals surface area contributed by atoms with Crippen LogP contribution in [0.1, 0.15) is 21.5 Å². The Morgan fingerprint density at radius 1 is 1.17 bits per heavy atom. The van der Waals surface area contributed by atoms with Crippen LogP contribution in [0.25, 0.3) is 0 Å². The molecule has 0 aliphatic heterocycles. The third kappa shape index (κ3) is 2.66. The number of aromatic nitrogens is 1. The van der Waals surface area contributed by atoms with Crippen LogP contribution in [0.2, 0.25) is 0 Å². The predicted octanol–water partition coefficient (Wildman–Crippen LogP) is 3.19. The van der Waals surface area contributed by atoms with Crippen LogP contribution in [-0.4, -0.2) is 16.1 Å². The molecule has 1 N–H and O–H groups in total. The molecule has 4 nitrogen and oxygen atoms in total. The van der Waals surface area contributed by atoms with Gasteiger partial charge < -0.3 is 9.84 Å². The second kappa shape index (κ2) is 4.87. The summed E-state index contributed by atoms with van der Waals surface area (Å²) in [5, 5.41) is 9.09. The first-order chi connectivity index (χ1) is 8.56. The minimum atomic E-state index is -1.02. The molecular weight excluding hydrogens is 230 g/mol. The number of nitrogens with zero attached hydrogens (tertiary/aromatic N) is 1. The molecular formula is C14H13NO3. The largest absolute Gasteiger partial charge is 0.478 e. The van der Waals surface area contributed by atoms with Crippen molar-refractivity contribution in [2.24, 2.45) is 0 Å². The van der Waals surface area contributed by atoms with E-state index in [4.69, 9.17) is 9.84 Å². The maximum Gasteiger partial charge on any atom is 0.339 e. The molecule has 0 spiro atoms. The van der Waals surface area contributed by atoms with Crippen LogP contribution in [-0.2, 0) is 0 Å². The zero-order valence-corrected chi connectivity index (χ0v) is 10.2. The highest BCUT2D eigenvalue weighted by Gasteiger charge is 2.12. The fourth-order valence-corrected chi connectivity index (χ4v) is 1.57. The van der Waals surface area contributed by atoms with E-state index in [2.05, 4.69) is 4.98 Å². The number of pyridine rings is 1. The molecule has 0 saturated heterocycles. The molecule has 0 fully saturated rings. The molecule has 2 aromatic rings. The van der Waals surface area contributed by atoms with Crippen LogP contribution in [0, 0.1) is 13.8 Å². The van der Waals surface area contributed by atoms with E-state index in [9.17, 15) is 4.79 Å². The van der Waals surface area contributed by atoms with Gasteiger partial charge in [-0.3, -0.25) is 0 Å². The van der Waals surface area contributed by atoms with E-state index in [0.29, 0.717) is 11.6 Å². The summed E-state index contributed by atoms with van der Waals surface area (Å²) in [4.78, 5) is 15.1. The summed E-state index contributed by atoms with van der Waals surface area (Å²) in [5.41, 5.74) is 2.07. The fourth-order valence-electron chi connectivity index (χ4n) is 1.57. The average molecular weight is 243 g/mol. The van der Waals surface area contributed by atoms with Crippen LogP contribution in [0.5, 0.6) is 11.6 Å². The Bertz CT molecular complexity index is 593. The first-order valence-electron chi connectivity index (χ1n) is 5.51. The SMILES string of the molecule is Cc1ccnc(Oc2cc(C)ccc2C(=O)O)c1. The quantitative estimate of drug-likeness (QED) is 0.899. The zero-order valence-electron chi connectivity index (χ0n) is 10.2. The van der Waals surface area contributed by atoms with Gasteiger partial charge in [0.05, 0.1) is 0 Å². The van der Waals surface area contributed by atoms with Gasteiger partial charge in [0.2, 0.25) is 5.88 Å². The number of carboxylic acids is 1. The lowest BCUT2D eigenvalue weighted by atomic mass is 10.1. The van der Waals surface area contributed by atoms with Crippen LogP contribution < -0.4 is 4.74 Å². The first kappa shape index (κ1) is 12.1. The van der Waals surface area contributed by atoms with Crippen LogP contribution in [0.15, 0.2) is 36.5 Å². The number of hydrogen-bond donors (Lipinski definition) is 1. The smallest absolute Gasteiger partial charge is 0.339 e. The molecule has 0 atom stereocenters. The third-order valence-electron chi connectivity index (χ3n) is 2.47. The monoisotopic (exact) mass is 243 g/mol. The number of carboxylic acid groups (broad SMARTS) is 1. The van der Waals surface area contributed by atoms with Gasteiger partial charge in [0.15, 0.2) is 0 Å². The first-order valence-corrected chi connectivity index (χ1v) is 5.51. The number of aromatic carboxylic acids is 1. The molecule has 0 radical (unpaired) electrons. The molecule has 4 heteroatoms. The van der Waals surface area contributed by atoms with Gasteiger partial charge in [0.1, 0.15) is 11.3 Å². The predicted molar refractivity (Wildman–Crippen MR) is 67.2 cm³/mol. The summed E-state index contributed by atoms with van der Waals surface area (Å²) in [6.45, 7) is 3.80.